The van der Waals surface area contributed by atoms with Crippen LogP contribution in [-0.4, -0.2) is 29.6 Å². The molecule has 0 fully saturated rings. The molecule has 1 N–H and O–H groups in total. The van der Waals surface area contributed by atoms with Gasteiger partial charge in [0.05, 0.1) is 6.04 Å². The van der Waals surface area contributed by atoms with Crippen LogP contribution < -0.4 is 5.32 Å². The van der Waals surface area contributed by atoms with Gasteiger partial charge in [0.15, 0.2) is 0 Å². The molecule has 128 valence electrons. The molecule has 0 saturated heterocycles. The smallest absolute Gasteiger partial charge is 0.0553 e. The zero-order valence-corrected chi connectivity index (χ0v) is 15.0. The summed E-state index contributed by atoms with van der Waals surface area (Å²) in [6, 6.07) is 16.2. The van der Waals surface area contributed by atoms with E-state index < -0.39 is 0 Å². The van der Waals surface area contributed by atoms with Crippen molar-refractivity contribution in [2.75, 3.05) is 25.5 Å². The van der Waals surface area contributed by atoms with E-state index in [1.54, 1.807) is 11.3 Å². The molecule has 0 bridgehead atoms. The number of likely N-dealkylation sites (N-methyl/N-ethyl adjacent to an activating group) is 1. The first-order valence-electron chi connectivity index (χ1n) is 9.33. The Morgan fingerprint density at radius 1 is 1.12 bits per heavy atom. The molecule has 1 aromatic heterocycles. The van der Waals surface area contributed by atoms with Crippen LogP contribution in [-0.2, 0) is 19.4 Å². The minimum Gasteiger partial charge on any atom is -0.383 e. The van der Waals surface area contributed by atoms with Gasteiger partial charge in [0.2, 0.25) is 0 Å². The number of aromatic nitrogens is 1. The Kier molecular flexibility index (Phi) is 3.39. The van der Waals surface area contributed by atoms with Crippen LogP contribution in [0.1, 0.15) is 28.4 Å². The van der Waals surface area contributed by atoms with Crippen LogP contribution in [0.3, 0.4) is 0 Å². The number of fused-ring (bicyclic) bond motifs is 4. The van der Waals surface area contributed by atoms with Gasteiger partial charge in [-0.1, -0.05) is 29.8 Å². The zero-order valence-electron chi connectivity index (χ0n) is 15.0. The first-order chi connectivity index (χ1) is 12.2. The van der Waals surface area contributed by atoms with E-state index in [9.17, 15) is 0 Å². The van der Waals surface area contributed by atoms with E-state index >= 15 is 0 Å². The van der Waals surface area contributed by atoms with Crippen LogP contribution in [0.4, 0.5) is 5.69 Å². The normalized spacial score (nSPS) is 20.2. The molecule has 0 aliphatic carbocycles. The standard InChI is InChI=1S/C22H25N3/c1-15-7-8-21-18(11-15)19-14-24(2)10-9-22(19)25(21)17-12-16-5-3-4-6-20(16)23-13-17/h3-8,11,17,23H,9-10,12-14H2,1-2H3. The summed E-state index contributed by atoms with van der Waals surface area (Å²) in [5.74, 6) is 0. The molecule has 2 aromatic carbocycles. The summed E-state index contributed by atoms with van der Waals surface area (Å²) in [6.07, 6.45) is 2.26. The molecule has 3 heteroatoms. The predicted molar refractivity (Wildman–Crippen MR) is 104 cm³/mol. The van der Waals surface area contributed by atoms with Gasteiger partial charge in [0, 0.05) is 48.3 Å². The molecule has 2 aliphatic heterocycles. The largest absolute Gasteiger partial charge is 0.383 e. The molecule has 5 rings (SSSR count). The molecule has 3 aromatic rings. The highest BCUT2D eigenvalue weighted by atomic mass is 15.1. The van der Waals surface area contributed by atoms with E-state index in [0.29, 0.717) is 6.04 Å². The second kappa shape index (κ2) is 5.63. The van der Waals surface area contributed by atoms with Crippen molar-refractivity contribution < 1.29 is 0 Å². The number of nitrogens with one attached hydrogen (secondary N) is 1. The molecule has 1 atom stereocenters. The van der Waals surface area contributed by atoms with Crippen molar-refractivity contribution in [3.05, 3.63) is 64.8 Å². The first kappa shape index (κ1) is 15.0. The van der Waals surface area contributed by atoms with Gasteiger partial charge in [-0.15, -0.1) is 0 Å². The van der Waals surface area contributed by atoms with Gasteiger partial charge in [-0.2, -0.15) is 0 Å². The van der Waals surface area contributed by atoms with E-state index in [4.69, 9.17) is 0 Å². The Balaban J connectivity index is 1.67. The maximum Gasteiger partial charge on any atom is 0.0553 e. The molecule has 0 saturated carbocycles. The highest BCUT2D eigenvalue weighted by Crippen LogP contribution is 2.37. The minimum absolute atomic E-state index is 0.493. The van der Waals surface area contributed by atoms with Gasteiger partial charge in [-0.25, -0.2) is 0 Å². The fourth-order valence-corrected chi connectivity index (χ4v) is 4.67. The third-order valence-electron chi connectivity index (χ3n) is 5.90. The second-order valence-electron chi connectivity index (χ2n) is 7.70. The van der Waals surface area contributed by atoms with Crippen LogP contribution in [0.5, 0.6) is 0 Å². The summed E-state index contributed by atoms with van der Waals surface area (Å²) < 4.78 is 2.65. The number of hydrogen-bond acceptors (Lipinski definition) is 2. The molecule has 0 radical (unpaired) electrons. The summed E-state index contributed by atoms with van der Waals surface area (Å²) >= 11 is 0. The molecule has 0 amide bonds. The van der Waals surface area contributed by atoms with E-state index in [-0.39, 0.29) is 0 Å². The average Bonchev–Trinajstić information content (AvgIpc) is 2.94. The lowest BCUT2D eigenvalue weighted by molar-refractivity contribution is 0.306. The van der Waals surface area contributed by atoms with Crippen molar-refractivity contribution in [2.24, 2.45) is 0 Å². The van der Waals surface area contributed by atoms with Crippen molar-refractivity contribution in [1.29, 1.82) is 0 Å². The number of benzene rings is 2. The quantitative estimate of drug-likeness (QED) is 0.723. The van der Waals surface area contributed by atoms with Crippen LogP contribution in [0, 0.1) is 6.92 Å². The Morgan fingerprint density at radius 2 is 2.00 bits per heavy atom. The lowest BCUT2D eigenvalue weighted by atomic mass is 9.98. The Labute approximate surface area is 149 Å². The van der Waals surface area contributed by atoms with Crippen molar-refractivity contribution in [3.8, 4) is 0 Å². The summed E-state index contributed by atoms with van der Waals surface area (Å²) in [6.45, 7) is 5.43. The van der Waals surface area contributed by atoms with Crippen LogP contribution >= 0.6 is 0 Å². The monoisotopic (exact) mass is 331 g/mol. The molecule has 2 aliphatic rings. The van der Waals surface area contributed by atoms with Gasteiger partial charge < -0.3 is 14.8 Å². The van der Waals surface area contributed by atoms with Crippen molar-refractivity contribution in [3.63, 3.8) is 0 Å². The van der Waals surface area contributed by atoms with Crippen LogP contribution in [0.25, 0.3) is 10.9 Å². The van der Waals surface area contributed by atoms with Crippen molar-refractivity contribution in [2.45, 2.75) is 32.4 Å². The van der Waals surface area contributed by atoms with Crippen LogP contribution in [0.15, 0.2) is 42.5 Å². The molecule has 3 heterocycles. The van der Waals surface area contributed by atoms with Crippen LogP contribution in [0.2, 0.25) is 0 Å². The average molecular weight is 331 g/mol. The number of nitrogens with zero attached hydrogens (tertiary/aromatic N) is 2. The SMILES string of the molecule is Cc1ccc2c(c1)c1c(n2C2CNc3ccccc3C2)CCN(C)C1. The number of anilines is 1. The number of para-hydroxylation sites is 1. The maximum atomic E-state index is 3.66. The fraction of sp³-hybridized carbons (Fsp3) is 0.364. The molecular weight excluding hydrogens is 306 g/mol. The number of aryl methyl sites for hydroxylation is 1. The van der Waals surface area contributed by atoms with Crippen molar-refractivity contribution in [1.82, 2.24) is 9.47 Å². The van der Waals surface area contributed by atoms with E-state index in [1.165, 1.54) is 27.7 Å². The van der Waals surface area contributed by atoms with E-state index in [2.05, 4.69) is 71.2 Å². The summed E-state index contributed by atoms with van der Waals surface area (Å²) in [5, 5.41) is 5.12. The Bertz CT molecular complexity index is 953. The predicted octanol–water partition coefficient (Wildman–Crippen LogP) is 4.15. The fourth-order valence-electron chi connectivity index (χ4n) is 4.67. The topological polar surface area (TPSA) is 20.2 Å². The maximum absolute atomic E-state index is 3.66. The lowest BCUT2D eigenvalue weighted by Gasteiger charge is -2.31. The molecule has 3 nitrogen and oxygen atoms in total. The van der Waals surface area contributed by atoms with Crippen molar-refractivity contribution >= 4 is 16.6 Å². The van der Waals surface area contributed by atoms with Gasteiger partial charge in [0.1, 0.15) is 0 Å². The molecular formula is C22H25N3. The lowest BCUT2D eigenvalue weighted by Crippen LogP contribution is -2.31. The highest BCUT2D eigenvalue weighted by molar-refractivity contribution is 5.87. The highest BCUT2D eigenvalue weighted by Gasteiger charge is 2.28. The third kappa shape index (κ3) is 2.37. The van der Waals surface area contributed by atoms with E-state index in [1.807, 2.05) is 0 Å². The van der Waals surface area contributed by atoms with Gasteiger partial charge >= 0.3 is 0 Å². The van der Waals surface area contributed by atoms with Gasteiger partial charge in [-0.3, -0.25) is 0 Å². The molecule has 25 heavy (non-hydrogen) atoms. The van der Waals surface area contributed by atoms with Gasteiger partial charge in [0.25, 0.3) is 0 Å². The molecule has 0 spiro atoms. The van der Waals surface area contributed by atoms with Gasteiger partial charge in [-0.05, 0) is 49.7 Å². The Morgan fingerprint density at radius 3 is 2.92 bits per heavy atom. The third-order valence-corrected chi connectivity index (χ3v) is 5.90. The number of rotatable bonds is 1. The zero-order chi connectivity index (χ0) is 17.0. The summed E-state index contributed by atoms with van der Waals surface area (Å²) in [5.41, 5.74) is 8.62. The van der Waals surface area contributed by atoms with E-state index in [0.717, 1.165) is 32.5 Å². The minimum atomic E-state index is 0.493. The summed E-state index contributed by atoms with van der Waals surface area (Å²) in [4.78, 5) is 2.45. The number of hydrogen-bond donors (Lipinski definition) is 1. The second-order valence-corrected chi connectivity index (χ2v) is 7.70. The Hall–Kier alpha value is -2.26. The first-order valence-corrected chi connectivity index (χ1v) is 9.33. The molecule has 1 unspecified atom stereocenters. The summed E-state index contributed by atoms with van der Waals surface area (Å²) in [7, 11) is 2.24.